The topological polar surface area (TPSA) is 29.1 Å². The first-order chi connectivity index (χ1) is 7.86. The molecule has 3 unspecified atom stereocenters. The predicted molar refractivity (Wildman–Crippen MR) is 59.8 cm³/mol. The zero-order valence-corrected chi connectivity index (χ0v) is 10.4. The van der Waals surface area contributed by atoms with Gasteiger partial charge in [0.2, 0.25) is 5.91 Å². The minimum atomic E-state index is -4.23. The molecule has 6 heteroatoms. The second-order valence-corrected chi connectivity index (χ2v) is 4.91. The van der Waals surface area contributed by atoms with Crippen molar-refractivity contribution in [1.29, 1.82) is 0 Å². The molecule has 0 aromatic heterocycles. The zero-order chi connectivity index (χ0) is 13.1. The number of halogens is 4. The first-order valence-corrected chi connectivity index (χ1v) is 6.32. The van der Waals surface area contributed by atoms with E-state index in [-0.39, 0.29) is 18.2 Å². The summed E-state index contributed by atoms with van der Waals surface area (Å²) in [5.41, 5.74) is 0. The number of carbonyl (C=O) groups is 1. The summed E-state index contributed by atoms with van der Waals surface area (Å²) in [5.74, 6) is -2.13. The molecule has 1 aliphatic rings. The van der Waals surface area contributed by atoms with Crippen molar-refractivity contribution in [3.8, 4) is 0 Å². The van der Waals surface area contributed by atoms with Crippen molar-refractivity contribution in [3.63, 3.8) is 0 Å². The van der Waals surface area contributed by atoms with E-state index in [0.29, 0.717) is 12.8 Å². The predicted octanol–water partition coefficient (Wildman–Crippen LogP) is 3.10. The van der Waals surface area contributed by atoms with Crippen molar-refractivity contribution in [1.82, 2.24) is 5.32 Å². The molecule has 3 atom stereocenters. The largest absolute Gasteiger partial charge is 0.393 e. The Labute approximate surface area is 104 Å². The third kappa shape index (κ3) is 4.05. The lowest BCUT2D eigenvalue weighted by Gasteiger charge is -2.34. The fourth-order valence-corrected chi connectivity index (χ4v) is 2.23. The van der Waals surface area contributed by atoms with Crippen LogP contribution in [-0.4, -0.2) is 24.0 Å². The van der Waals surface area contributed by atoms with Gasteiger partial charge in [-0.05, 0) is 12.8 Å². The molecule has 0 saturated heterocycles. The standard InChI is InChI=1S/C11H17ClF3NO/c1-7(6-12)10(17)16-9-5-3-2-4-8(9)11(13,14)15/h7-9H,2-6H2,1H3,(H,16,17). The van der Waals surface area contributed by atoms with Gasteiger partial charge >= 0.3 is 6.18 Å². The molecule has 17 heavy (non-hydrogen) atoms. The summed E-state index contributed by atoms with van der Waals surface area (Å²) in [5, 5.41) is 2.48. The van der Waals surface area contributed by atoms with Gasteiger partial charge in [0.05, 0.1) is 5.92 Å². The normalized spacial score (nSPS) is 27.6. The highest BCUT2D eigenvalue weighted by Gasteiger charge is 2.46. The molecule has 1 aliphatic carbocycles. The van der Waals surface area contributed by atoms with E-state index in [2.05, 4.69) is 5.32 Å². The molecule has 1 N–H and O–H groups in total. The molecule has 1 saturated carbocycles. The fourth-order valence-electron chi connectivity index (χ4n) is 2.09. The van der Waals surface area contributed by atoms with Crippen LogP contribution in [0.15, 0.2) is 0 Å². The Hall–Kier alpha value is -0.450. The number of rotatable bonds is 3. The Morgan fingerprint density at radius 1 is 1.41 bits per heavy atom. The summed E-state index contributed by atoms with van der Waals surface area (Å²) in [6.07, 6.45) is -2.44. The highest BCUT2D eigenvalue weighted by Crippen LogP contribution is 2.37. The van der Waals surface area contributed by atoms with Crippen LogP contribution in [0.3, 0.4) is 0 Å². The van der Waals surface area contributed by atoms with Crippen molar-refractivity contribution in [2.75, 3.05) is 5.88 Å². The second kappa shape index (κ2) is 5.94. The summed E-state index contributed by atoms with van der Waals surface area (Å²) in [6.45, 7) is 1.60. The third-order valence-electron chi connectivity index (χ3n) is 3.19. The molecule has 0 aromatic carbocycles. The zero-order valence-electron chi connectivity index (χ0n) is 9.69. The number of alkyl halides is 4. The Balaban J connectivity index is 2.63. The van der Waals surface area contributed by atoms with Gasteiger partial charge in [-0.3, -0.25) is 4.79 Å². The van der Waals surface area contributed by atoms with Crippen LogP contribution < -0.4 is 5.32 Å². The molecule has 0 radical (unpaired) electrons. The lowest BCUT2D eigenvalue weighted by molar-refractivity contribution is -0.189. The summed E-state index contributed by atoms with van der Waals surface area (Å²) < 4.78 is 38.2. The van der Waals surface area contributed by atoms with Gasteiger partial charge < -0.3 is 5.32 Å². The maximum atomic E-state index is 12.7. The smallest absolute Gasteiger partial charge is 0.352 e. The van der Waals surface area contributed by atoms with Crippen LogP contribution in [0.4, 0.5) is 13.2 Å². The molecule has 0 aromatic rings. The molecular weight excluding hydrogens is 255 g/mol. The molecule has 2 nitrogen and oxygen atoms in total. The average molecular weight is 272 g/mol. The van der Waals surface area contributed by atoms with Gasteiger partial charge in [0, 0.05) is 17.8 Å². The van der Waals surface area contributed by atoms with Crippen molar-refractivity contribution in [2.24, 2.45) is 11.8 Å². The number of carbonyl (C=O) groups excluding carboxylic acids is 1. The van der Waals surface area contributed by atoms with Crippen LogP contribution in [0.2, 0.25) is 0 Å². The lowest BCUT2D eigenvalue weighted by atomic mass is 9.84. The van der Waals surface area contributed by atoms with Crippen LogP contribution in [-0.2, 0) is 4.79 Å². The molecule has 0 heterocycles. The fraction of sp³-hybridized carbons (Fsp3) is 0.909. The van der Waals surface area contributed by atoms with Crippen molar-refractivity contribution >= 4 is 17.5 Å². The Morgan fingerprint density at radius 3 is 2.53 bits per heavy atom. The molecule has 1 fully saturated rings. The van der Waals surface area contributed by atoms with Gasteiger partial charge in [0.25, 0.3) is 0 Å². The SMILES string of the molecule is CC(CCl)C(=O)NC1CCCCC1C(F)(F)F. The second-order valence-electron chi connectivity index (χ2n) is 4.60. The first-order valence-electron chi connectivity index (χ1n) is 5.79. The lowest BCUT2D eigenvalue weighted by Crippen LogP contribution is -2.49. The Morgan fingerprint density at radius 2 is 2.00 bits per heavy atom. The molecule has 0 spiro atoms. The molecule has 0 bridgehead atoms. The van der Waals surface area contributed by atoms with E-state index in [4.69, 9.17) is 11.6 Å². The van der Waals surface area contributed by atoms with Gasteiger partial charge in [-0.15, -0.1) is 11.6 Å². The maximum absolute atomic E-state index is 12.7. The van der Waals surface area contributed by atoms with Crippen molar-refractivity contribution < 1.29 is 18.0 Å². The minimum absolute atomic E-state index is 0.101. The monoisotopic (exact) mass is 271 g/mol. The van der Waals surface area contributed by atoms with Crippen LogP contribution in [0, 0.1) is 11.8 Å². The highest BCUT2D eigenvalue weighted by molar-refractivity contribution is 6.19. The van der Waals surface area contributed by atoms with E-state index in [0.717, 1.165) is 6.42 Å². The number of hydrogen-bond donors (Lipinski definition) is 1. The molecule has 0 aliphatic heterocycles. The molecular formula is C11H17ClF3NO. The van der Waals surface area contributed by atoms with Gasteiger partial charge in [-0.2, -0.15) is 13.2 Å². The van der Waals surface area contributed by atoms with E-state index in [1.165, 1.54) is 0 Å². The number of hydrogen-bond acceptors (Lipinski definition) is 1. The summed E-state index contributed by atoms with van der Waals surface area (Å²) in [4.78, 5) is 11.6. The average Bonchev–Trinajstić information content (AvgIpc) is 2.27. The van der Waals surface area contributed by atoms with E-state index in [1.54, 1.807) is 6.92 Å². The van der Waals surface area contributed by atoms with Crippen LogP contribution in [0.5, 0.6) is 0 Å². The van der Waals surface area contributed by atoms with Crippen LogP contribution >= 0.6 is 11.6 Å². The highest BCUT2D eigenvalue weighted by atomic mass is 35.5. The summed E-state index contributed by atoms with van der Waals surface area (Å²) in [6, 6.07) is -0.790. The Bertz CT molecular complexity index is 270. The number of nitrogens with one attached hydrogen (secondary N) is 1. The van der Waals surface area contributed by atoms with E-state index >= 15 is 0 Å². The first kappa shape index (κ1) is 14.6. The van der Waals surface area contributed by atoms with Gasteiger partial charge in [0.15, 0.2) is 0 Å². The Kier molecular flexibility index (Phi) is 5.10. The maximum Gasteiger partial charge on any atom is 0.393 e. The molecule has 1 amide bonds. The van der Waals surface area contributed by atoms with Gasteiger partial charge in [-0.1, -0.05) is 19.8 Å². The third-order valence-corrected chi connectivity index (χ3v) is 3.66. The quantitative estimate of drug-likeness (QED) is 0.785. The summed E-state index contributed by atoms with van der Waals surface area (Å²) in [7, 11) is 0. The van der Waals surface area contributed by atoms with E-state index in [1.807, 2.05) is 0 Å². The summed E-state index contributed by atoms with van der Waals surface area (Å²) >= 11 is 5.51. The molecule has 1 rings (SSSR count). The van der Waals surface area contributed by atoms with E-state index in [9.17, 15) is 18.0 Å². The van der Waals surface area contributed by atoms with Gasteiger partial charge in [0.1, 0.15) is 0 Å². The minimum Gasteiger partial charge on any atom is -0.352 e. The van der Waals surface area contributed by atoms with Crippen molar-refractivity contribution in [2.45, 2.75) is 44.8 Å². The molecule has 100 valence electrons. The number of amides is 1. The van der Waals surface area contributed by atoms with Gasteiger partial charge in [-0.25, -0.2) is 0 Å². The van der Waals surface area contributed by atoms with Crippen LogP contribution in [0.1, 0.15) is 32.6 Å². The van der Waals surface area contributed by atoms with Crippen LogP contribution in [0.25, 0.3) is 0 Å². The van der Waals surface area contributed by atoms with E-state index < -0.39 is 24.1 Å². The van der Waals surface area contributed by atoms with Crippen molar-refractivity contribution in [3.05, 3.63) is 0 Å².